The Kier molecular flexibility index (Phi) is 8.22. The second-order valence-corrected chi connectivity index (χ2v) is 6.66. The molecule has 0 aliphatic carbocycles. The van der Waals surface area contributed by atoms with Gasteiger partial charge in [-0.1, -0.05) is 43.2 Å². The molecule has 24 heavy (non-hydrogen) atoms. The number of hydroxylamine groups is 1. The maximum atomic E-state index is 10.9. The van der Waals surface area contributed by atoms with E-state index in [1.807, 2.05) is 0 Å². The predicted octanol–water partition coefficient (Wildman–Crippen LogP) is 2.82. The molecule has 1 fully saturated rings. The molecular formula is C19H31N3O2. The molecule has 134 valence electrons. The lowest BCUT2D eigenvalue weighted by Gasteiger charge is -2.38. The quantitative estimate of drug-likeness (QED) is 0.414. The Morgan fingerprint density at radius 2 is 1.75 bits per heavy atom. The molecule has 1 aliphatic heterocycles. The van der Waals surface area contributed by atoms with Crippen LogP contribution in [-0.4, -0.2) is 53.6 Å². The third-order valence-corrected chi connectivity index (χ3v) is 4.99. The van der Waals surface area contributed by atoms with Crippen molar-refractivity contribution >= 4 is 5.91 Å². The van der Waals surface area contributed by atoms with Crippen molar-refractivity contribution in [3.05, 3.63) is 35.9 Å². The molecule has 0 aromatic heterocycles. The molecule has 0 saturated carbocycles. The molecular weight excluding hydrogens is 302 g/mol. The monoisotopic (exact) mass is 333 g/mol. The maximum absolute atomic E-state index is 10.9. The van der Waals surface area contributed by atoms with Gasteiger partial charge in [-0.3, -0.25) is 14.9 Å². The summed E-state index contributed by atoms with van der Waals surface area (Å²) in [6.07, 6.45) is 4.67. The standard InChI is InChI=1S/C19H31N3O2/c1-17(18-9-5-4-6-10-18)22-15-13-21(14-16-22)12-8-3-2-7-11-19(23)20-24/h4-6,9-10,17,24H,2-3,7-8,11-16H2,1H3,(H,20,23). The Balaban J connectivity index is 1.57. The van der Waals surface area contributed by atoms with Gasteiger partial charge in [-0.2, -0.15) is 0 Å². The minimum atomic E-state index is -0.279. The van der Waals surface area contributed by atoms with Crippen molar-refractivity contribution in [1.82, 2.24) is 15.3 Å². The summed E-state index contributed by atoms with van der Waals surface area (Å²) in [4.78, 5) is 16.0. The van der Waals surface area contributed by atoms with Gasteiger partial charge in [-0.05, 0) is 31.9 Å². The van der Waals surface area contributed by atoms with Gasteiger partial charge < -0.3 is 4.90 Å². The average Bonchev–Trinajstić information content (AvgIpc) is 2.65. The SMILES string of the molecule is CC(c1ccccc1)N1CCN(CCCCCCC(=O)NO)CC1. The lowest BCUT2D eigenvalue weighted by atomic mass is 10.1. The highest BCUT2D eigenvalue weighted by atomic mass is 16.5. The van der Waals surface area contributed by atoms with Crippen molar-refractivity contribution in [2.45, 2.75) is 45.1 Å². The summed E-state index contributed by atoms with van der Waals surface area (Å²) < 4.78 is 0. The molecule has 1 amide bonds. The first-order chi connectivity index (χ1) is 11.7. The van der Waals surface area contributed by atoms with Crippen molar-refractivity contribution in [2.24, 2.45) is 0 Å². The first-order valence-corrected chi connectivity index (χ1v) is 9.15. The molecule has 5 heteroatoms. The fraction of sp³-hybridized carbons (Fsp3) is 0.632. The number of carbonyl (C=O) groups is 1. The number of rotatable bonds is 9. The van der Waals surface area contributed by atoms with Crippen LogP contribution < -0.4 is 5.48 Å². The zero-order valence-corrected chi connectivity index (χ0v) is 14.8. The summed E-state index contributed by atoms with van der Waals surface area (Å²) in [6, 6.07) is 11.2. The molecule has 1 aliphatic rings. The molecule has 0 radical (unpaired) electrons. The van der Waals surface area contributed by atoms with Gasteiger partial charge >= 0.3 is 0 Å². The number of unbranched alkanes of at least 4 members (excludes halogenated alkanes) is 3. The zero-order valence-electron chi connectivity index (χ0n) is 14.8. The average molecular weight is 333 g/mol. The number of hydrogen-bond acceptors (Lipinski definition) is 4. The second-order valence-electron chi connectivity index (χ2n) is 6.66. The number of piperazine rings is 1. The van der Waals surface area contributed by atoms with Crippen LogP contribution in [0.2, 0.25) is 0 Å². The number of carbonyl (C=O) groups excluding carboxylic acids is 1. The largest absolute Gasteiger partial charge is 0.301 e. The summed E-state index contributed by atoms with van der Waals surface area (Å²) in [6.45, 7) is 8.00. The van der Waals surface area contributed by atoms with Crippen molar-refractivity contribution in [3.63, 3.8) is 0 Å². The van der Waals surface area contributed by atoms with E-state index in [4.69, 9.17) is 5.21 Å². The topological polar surface area (TPSA) is 55.8 Å². The molecule has 0 spiro atoms. The van der Waals surface area contributed by atoms with E-state index in [2.05, 4.69) is 47.1 Å². The molecule has 1 saturated heterocycles. The molecule has 1 atom stereocenters. The van der Waals surface area contributed by atoms with Gasteiger partial charge in [0, 0.05) is 38.6 Å². The minimum Gasteiger partial charge on any atom is -0.301 e. The summed E-state index contributed by atoms with van der Waals surface area (Å²) in [7, 11) is 0. The summed E-state index contributed by atoms with van der Waals surface area (Å²) in [5.41, 5.74) is 3.08. The third kappa shape index (κ3) is 6.23. The van der Waals surface area contributed by atoms with Gasteiger partial charge in [0.1, 0.15) is 0 Å². The van der Waals surface area contributed by atoms with E-state index < -0.39 is 0 Å². The predicted molar refractivity (Wildman–Crippen MR) is 95.9 cm³/mol. The highest BCUT2D eigenvalue weighted by Crippen LogP contribution is 2.21. The van der Waals surface area contributed by atoms with Crippen molar-refractivity contribution in [3.8, 4) is 0 Å². The Bertz CT molecular complexity index is 473. The van der Waals surface area contributed by atoms with Crippen molar-refractivity contribution in [2.75, 3.05) is 32.7 Å². The number of nitrogens with one attached hydrogen (secondary N) is 1. The van der Waals surface area contributed by atoms with Gasteiger partial charge in [0.2, 0.25) is 5.91 Å². The van der Waals surface area contributed by atoms with Crippen molar-refractivity contribution < 1.29 is 10.0 Å². The first kappa shape index (κ1) is 18.9. The van der Waals surface area contributed by atoms with Crippen LogP contribution in [-0.2, 0) is 4.79 Å². The summed E-state index contributed by atoms with van der Waals surface area (Å²) in [5.74, 6) is -0.279. The van der Waals surface area contributed by atoms with Crippen LogP contribution in [0.1, 0.15) is 50.6 Å². The Morgan fingerprint density at radius 3 is 2.42 bits per heavy atom. The van der Waals surface area contributed by atoms with E-state index in [0.717, 1.165) is 52.0 Å². The van der Waals surface area contributed by atoms with Gasteiger partial charge in [0.15, 0.2) is 0 Å². The fourth-order valence-electron chi connectivity index (χ4n) is 3.35. The molecule has 1 aromatic rings. The minimum absolute atomic E-state index is 0.279. The number of benzene rings is 1. The van der Waals surface area contributed by atoms with E-state index >= 15 is 0 Å². The Hall–Kier alpha value is -1.43. The smallest absolute Gasteiger partial charge is 0.243 e. The number of hydrogen-bond donors (Lipinski definition) is 2. The van der Waals surface area contributed by atoms with Crippen LogP contribution in [0.15, 0.2) is 30.3 Å². The van der Waals surface area contributed by atoms with Gasteiger partial charge in [0.05, 0.1) is 0 Å². The summed E-state index contributed by atoms with van der Waals surface area (Å²) >= 11 is 0. The molecule has 2 rings (SSSR count). The second kappa shape index (κ2) is 10.4. The molecule has 1 aromatic carbocycles. The fourth-order valence-corrected chi connectivity index (χ4v) is 3.35. The van der Waals surface area contributed by atoms with E-state index in [1.54, 1.807) is 5.48 Å². The Morgan fingerprint density at radius 1 is 1.08 bits per heavy atom. The molecule has 0 bridgehead atoms. The Labute approximate surface area is 145 Å². The number of amides is 1. The molecule has 1 unspecified atom stereocenters. The summed E-state index contributed by atoms with van der Waals surface area (Å²) in [5, 5.41) is 8.43. The van der Waals surface area contributed by atoms with Crippen LogP contribution in [0.4, 0.5) is 0 Å². The van der Waals surface area contributed by atoms with Gasteiger partial charge in [0.25, 0.3) is 0 Å². The van der Waals surface area contributed by atoms with E-state index in [0.29, 0.717) is 12.5 Å². The van der Waals surface area contributed by atoms with Crippen LogP contribution in [0.5, 0.6) is 0 Å². The lowest BCUT2D eigenvalue weighted by Crippen LogP contribution is -2.47. The zero-order chi connectivity index (χ0) is 17.2. The van der Waals surface area contributed by atoms with E-state index in [-0.39, 0.29) is 5.91 Å². The van der Waals surface area contributed by atoms with Crippen molar-refractivity contribution in [1.29, 1.82) is 0 Å². The molecule has 2 N–H and O–H groups in total. The normalized spacial score (nSPS) is 17.6. The third-order valence-electron chi connectivity index (χ3n) is 4.99. The van der Waals surface area contributed by atoms with Gasteiger partial charge in [-0.15, -0.1) is 0 Å². The highest BCUT2D eigenvalue weighted by Gasteiger charge is 2.21. The number of nitrogens with zero attached hydrogens (tertiary/aromatic N) is 2. The lowest BCUT2D eigenvalue weighted by molar-refractivity contribution is -0.129. The van der Waals surface area contributed by atoms with E-state index in [9.17, 15) is 4.79 Å². The first-order valence-electron chi connectivity index (χ1n) is 9.15. The van der Waals surface area contributed by atoms with E-state index in [1.165, 1.54) is 12.0 Å². The highest BCUT2D eigenvalue weighted by molar-refractivity contribution is 5.74. The van der Waals surface area contributed by atoms with Crippen LogP contribution >= 0.6 is 0 Å². The molecule has 1 heterocycles. The van der Waals surface area contributed by atoms with Gasteiger partial charge in [-0.25, -0.2) is 5.48 Å². The molecule has 5 nitrogen and oxygen atoms in total. The van der Waals surface area contributed by atoms with Crippen LogP contribution in [0.3, 0.4) is 0 Å². The maximum Gasteiger partial charge on any atom is 0.243 e. The van der Waals surface area contributed by atoms with Crippen LogP contribution in [0, 0.1) is 0 Å². The van der Waals surface area contributed by atoms with Crippen LogP contribution in [0.25, 0.3) is 0 Å².